The molecule has 3 nitrogen and oxygen atoms in total. The lowest BCUT2D eigenvalue weighted by Gasteiger charge is -2.21. The first kappa shape index (κ1) is 11.6. The Balaban J connectivity index is 2.86. The standard InChI is InChI=1S/C11H11Cl2N3/c1-11(2,14)8-5-16-10(13)7-4-15-9(12)3-6(7)8/h3-5H,14H2,1-2H3. The van der Waals surface area contributed by atoms with Crippen LogP contribution in [0.3, 0.4) is 0 Å². The highest BCUT2D eigenvalue weighted by Crippen LogP contribution is 2.30. The molecule has 0 bridgehead atoms. The average molecular weight is 256 g/mol. The summed E-state index contributed by atoms with van der Waals surface area (Å²) in [4.78, 5) is 8.10. The van der Waals surface area contributed by atoms with Gasteiger partial charge in [-0.15, -0.1) is 0 Å². The van der Waals surface area contributed by atoms with Gasteiger partial charge in [-0.05, 0) is 30.9 Å². The summed E-state index contributed by atoms with van der Waals surface area (Å²) < 4.78 is 0. The Labute approximate surface area is 104 Å². The smallest absolute Gasteiger partial charge is 0.138 e. The van der Waals surface area contributed by atoms with E-state index in [1.807, 2.05) is 13.8 Å². The zero-order chi connectivity index (χ0) is 11.9. The summed E-state index contributed by atoms with van der Waals surface area (Å²) in [5.74, 6) is 0. The summed E-state index contributed by atoms with van der Waals surface area (Å²) in [6.45, 7) is 3.82. The number of aromatic nitrogens is 2. The molecule has 0 saturated heterocycles. The first-order valence-electron chi connectivity index (χ1n) is 4.78. The molecule has 16 heavy (non-hydrogen) atoms. The average Bonchev–Trinajstić information content (AvgIpc) is 2.15. The van der Waals surface area contributed by atoms with Gasteiger partial charge in [0.1, 0.15) is 10.3 Å². The second-order valence-corrected chi connectivity index (χ2v) is 4.98. The maximum absolute atomic E-state index is 6.08. The molecule has 2 N–H and O–H groups in total. The van der Waals surface area contributed by atoms with Crippen LogP contribution in [-0.4, -0.2) is 9.97 Å². The lowest BCUT2D eigenvalue weighted by Crippen LogP contribution is -2.29. The van der Waals surface area contributed by atoms with Crippen molar-refractivity contribution in [2.24, 2.45) is 5.73 Å². The number of hydrogen-bond acceptors (Lipinski definition) is 3. The van der Waals surface area contributed by atoms with Crippen LogP contribution in [0.15, 0.2) is 18.5 Å². The molecule has 0 unspecified atom stereocenters. The summed E-state index contributed by atoms with van der Waals surface area (Å²) in [6, 6.07) is 1.76. The van der Waals surface area contributed by atoms with Crippen LogP contribution in [-0.2, 0) is 5.54 Å². The highest BCUT2D eigenvalue weighted by Gasteiger charge is 2.19. The van der Waals surface area contributed by atoms with Crippen molar-refractivity contribution in [3.05, 3.63) is 34.3 Å². The van der Waals surface area contributed by atoms with Gasteiger partial charge in [0.25, 0.3) is 0 Å². The second kappa shape index (κ2) is 3.84. The molecule has 0 spiro atoms. The largest absolute Gasteiger partial charge is 0.322 e. The summed E-state index contributed by atoms with van der Waals surface area (Å²) in [5, 5.41) is 2.49. The fourth-order valence-corrected chi connectivity index (χ4v) is 1.95. The molecule has 2 rings (SSSR count). The van der Waals surface area contributed by atoms with Crippen LogP contribution in [0.2, 0.25) is 10.3 Å². The molecule has 84 valence electrons. The summed E-state index contributed by atoms with van der Waals surface area (Å²) in [5.41, 5.74) is 6.48. The van der Waals surface area contributed by atoms with Crippen LogP contribution in [0.1, 0.15) is 19.4 Å². The summed E-state index contributed by atoms with van der Waals surface area (Å²) in [6.07, 6.45) is 3.29. The van der Waals surface area contributed by atoms with Gasteiger partial charge in [0, 0.05) is 23.3 Å². The molecule has 0 aromatic carbocycles. The van der Waals surface area contributed by atoms with E-state index in [0.29, 0.717) is 10.3 Å². The third kappa shape index (κ3) is 1.98. The van der Waals surface area contributed by atoms with Gasteiger partial charge in [0.05, 0.1) is 0 Å². The fourth-order valence-electron chi connectivity index (χ4n) is 1.59. The minimum atomic E-state index is -0.499. The number of hydrogen-bond donors (Lipinski definition) is 1. The van der Waals surface area contributed by atoms with E-state index in [0.717, 1.165) is 16.3 Å². The number of pyridine rings is 2. The van der Waals surface area contributed by atoms with Crippen molar-refractivity contribution in [1.82, 2.24) is 9.97 Å². The van der Waals surface area contributed by atoms with Gasteiger partial charge in [-0.2, -0.15) is 0 Å². The van der Waals surface area contributed by atoms with Crippen LogP contribution in [0.25, 0.3) is 10.8 Å². The van der Waals surface area contributed by atoms with Crippen LogP contribution in [0.4, 0.5) is 0 Å². The first-order chi connectivity index (χ1) is 7.39. The first-order valence-corrected chi connectivity index (χ1v) is 5.54. The Morgan fingerprint density at radius 1 is 1.12 bits per heavy atom. The van der Waals surface area contributed by atoms with Gasteiger partial charge < -0.3 is 5.73 Å². The Hall–Kier alpha value is -0.900. The van der Waals surface area contributed by atoms with Crippen molar-refractivity contribution in [3.8, 4) is 0 Å². The second-order valence-electron chi connectivity index (χ2n) is 4.24. The lowest BCUT2D eigenvalue weighted by atomic mass is 9.93. The van der Waals surface area contributed by atoms with Crippen molar-refractivity contribution < 1.29 is 0 Å². The van der Waals surface area contributed by atoms with E-state index in [-0.39, 0.29) is 0 Å². The predicted molar refractivity (Wildman–Crippen MR) is 66.8 cm³/mol. The van der Waals surface area contributed by atoms with Crippen LogP contribution >= 0.6 is 23.2 Å². The molecule has 2 heterocycles. The van der Waals surface area contributed by atoms with Crippen LogP contribution in [0.5, 0.6) is 0 Å². The lowest BCUT2D eigenvalue weighted by molar-refractivity contribution is 0.557. The topological polar surface area (TPSA) is 51.8 Å². The molecule has 2 aromatic rings. The molecular formula is C11H11Cl2N3. The van der Waals surface area contributed by atoms with Crippen LogP contribution in [0, 0.1) is 0 Å². The molecule has 0 atom stereocenters. The van der Waals surface area contributed by atoms with E-state index in [4.69, 9.17) is 28.9 Å². The zero-order valence-electron chi connectivity index (χ0n) is 8.96. The van der Waals surface area contributed by atoms with Gasteiger partial charge in [-0.25, -0.2) is 9.97 Å². The van der Waals surface area contributed by atoms with Gasteiger partial charge >= 0.3 is 0 Å². The summed E-state index contributed by atoms with van der Waals surface area (Å²) >= 11 is 11.9. The molecule has 0 aliphatic rings. The molecular weight excluding hydrogens is 245 g/mol. The maximum atomic E-state index is 6.08. The van der Waals surface area contributed by atoms with E-state index >= 15 is 0 Å². The number of fused-ring (bicyclic) bond motifs is 1. The van der Waals surface area contributed by atoms with Gasteiger partial charge in [-0.3, -0.25) is 0 Å². The van der Waals surface area contributed by atoms with E-state index in [1.54, 1.807) is 18.5 Å². The molecule has 2 aromatic heterocycles. The van der Waals surface area contributed by atoms with E-state index in [1.165, 1.54) is 0 Å². The Morgan fingerprint density at radius 3 is 2.44 bits per heavy atom. The number of halogens is 2. The van der Waals surface area contributed by atoms with Crippen LogP contribution < -0.4 is 5.73 Å². The minimum Gasteiger partial charge on any atom is -0.322 e. The minimum absolute atomic E-state index is 0.409. The number of rotatable bonds is 1. The normalized spacial score (nSPS) is 12.1. The molecule has 0 aliphatic heterocycles. The number of nitrogens with two attached hydrogens (primary N) is 1. The third-order valence-electron chi connectivity index (χ3n) is 2.38. The van der Waals surface area contributed by atoms with Crippen molar-refractivity contribution >= 4 is 34.0 Å². The van der Waals surface area contributed by atoms with Crippen molar-refractivity contribution in [2.75, 3.05) is 0 Å². The summed E-state index contributed by atoms with van der Waals surface area (Å²) in [7, 11) is 0. The van der Waals surface area contributed by atoms with E-state index in [9.17, 15) is 0 Å². The highest BCUT2D eigenvalue weighted by atomic mass is 35.5. The van der Waals surface area contributed by atoms with Gasteiger partial charge in [0.2, 0.25) is 0 Å². The Kier molecular flexibility index (Phi) is 2.78. The zero-order valence-corrected chi connectivity index (χ0v) is 10.5. The molecule has 0 aliphatic carbocycles. The van der Waals surface area contributed by atoms with Gasteiger partial charge in [-0.1, -0.05) is 23.2 Å². The van der Waals surface area contributed by atoms with E-state index < -0.39 is 5.54 Å². The van der Waals surface area contributed by atoms with Crippen molar-refractivity contribution in [1.29, 1.82) is 0 Å². The Morgan fingerprint density at radius 2 is 1.81 bits per heavy atom. The number of nitrogens with zero attached hydrogens (tertiary/aromatic N) is 2. The molecule has 0 fully saturated rings. The predicted octanol–water partition coefficient (Wildman–Crippen LogP) is 3.13. The highest BCUT2D eigenvalue weighted by molar-refractivity contribution is 6.35. The third-order valence-corrected chi connectivity index (χ3v) is 2.89. The molecule has 0 radical (unpaired) electrons. The molecule has 0 amide bonds. The monoisotopic (exact) mass is 255 g/mol. The molecule has 0 saturated carbocycles. The van der Waals surface area contributed by atoms with Gasteiger partial charge in [0.15, 0.2) is 0 Å². The molecule has 5 heteroatoms. The van der Waals surface area contributed by atoms with Crippen molar-refractivity contribution in [2.45, 2.75) is 19.4 Å². The van der Waals surface area contributed by atoms with Crippen molar-refractivity contribution in [3.63, 3.8) is 0 Å². The SMILES string of the molecule is CC(C)(N)c1cnc(Cl)c2cnc(Cl)cc12. The Bertz CT molecular complexity index is 547. The maximum Gasteiger partial charge on any atom is 0.138 e. The quantitative estimate of drug-likeness (QED) is 0.797. The fraction of sp³-hybridized carbons (Fsp3) is 0.273. The van der Waals surface area contributed by atoms with E-state index in [2.05, 4.69) is 9.97 Å².